The van der Waals surface area contributed by atoms with Crippen molar-refractivity contribution in [1.29, 1.82) is 0 Å². The first kappa shape index (κ1) is 18.6. The number of hydrogen-bond donors (Lipinski definition) is 1. The summed E-state index contributed by atoms with van der Waals surface area (Å²) in [5, 5.41) is 13.4. The van der Waals surface area contributed by atoms with Gasteiger partial charge in [-0.1, -0.05) is 19.1 Å². The van der Waals surface area contributed by atoms with Gasteiger partial charge in [0.1, 0.15) is 0 Å². The van der Waals surface area contributed by atoms with E-state index in [1.807, 2.05) is 23.0 Å². The number of carbonyl (C=O) groups is 1. The molecule has 140 valence electrons. The van der Waals surface area contributed by atoms with E-state index in [1.54, 1.807) is 12.1 Å². The van der Waals surface area contributed by atoms with E-state index in [-0.39, 0.29) is 0 Å². The van der Waals surface area contributed by atoms with Gasteiger partial charge in [0.15, 0.2) is 0 Å². The van der Waals surface area contributed by atoms with Crippen LogP contribution in [0.15, 0.2) is 36.7 Å². The third kappa shape index (κ3) is 5.16. The molecule has 1 saturated heterocycles. The molecule has 0 amide bonds. The Balaban J connectivity index is 1.50. The second kappa shape index (κ2) is 8.96. The molecular formula is C20H28N4O2. The topological polar surface area (TPSA) is 61.6 Å². The largest absolute Gasteiger partial charge is 0.478 e. The zero-order valence-electron chi connectivity index (χ0n) is 15.5. The van der Waals surface area contributed by atoms with Crippen LogP contribution in [0.3, 0.4) is 0 Å². The Morgan fingerprint density at radius 3 is 2.31 bits per heavy atom. The fourth-order valence-electron chi connectivity index (χ4n) is 3.45. The van der Waals surface area contributed by atoms with Crippen molar-refractivity contribution in [2.75, 3.05) is 26.2 Å². The smallest absolute Gasteiger partial charge is 0.335 e. The summed E-state index contributed by atoms with van der Waals surface area (Å²) in [4.78, 5) is 15.9. The van der Waals surface area contributed by atoms with Gasteiger partial charge in [0.2, 0.25) is 0 Å². The van der Waals surface area contributed by atoms with E-state index in [1.165, 1.54) is 11.1 Å². The summed E-state index contributed by atoms with van der Waals surface area (Å²) >= 11 is 0. The van der Waals surface area contributed by atoms with Crippen LogP contribution in [0.1, 0.15) is 41.3 Å². The summed E-state index contributed by atoms with van der Waals surface area (Å²) in [6.07, 6.45) is 6.40. The van der Waals surface area contributed by atoms with E-state index >= 15 is 0 Å². The molecule has 26 heavy (non-hydrogen) atoms. The van der Waals surface area contributed by atoms with Crippen molar-refractivity contribution >= 4 is 5.97 Å². The lowest BCUT2D eigenvalue weighted by molar-refractivity contribution is 0.0697. The normalized spacial score (nSPS) is 16.5. The molecule has 1 aliphatic rings. The Bertz CT molecular complexity index is 711. The van der Waals surface area contributed by atoms with Gasteiger partial charge in [0.25, 0.3) is 0 Å². The van der Waals surface area contributed by atoms with Crippen LogP contribution in [0.2, 0.25) is 0 Å². The van der Waals surface area contributed by atoms with Gasteiger partial charge < -0.3 is 5.11 Å². The predicted molar refractivity (Wildman–Crippen MR) is 101 cm³/mol. The highest BCUT2D eigenvalue weighted by Gasteiger charge is 2.16. The number of benzene rings is 1. The number of hydrogen-bond acceptors (Lipinski definition) is 4. The minimum atomic E-state index is -0.871. The molecule has 0 aliphatic carbocycles. The Morgan fingerprint density at radius 2 is 1.69 bits per heavy atom. The van der Waals surface area contributed by atoms with Crippen molar-refractivity contribution in [1.82, 2.24) is 19.6 Å². The van der Waals surface area contributed by atoms with E-state index < -0.39 is 5.97 Å². The number of nitrogens with zero attached hydrogens (tertiary/aromatic N) is 4. The zero-order chi connectivity index (χ0) is 18.4. The second-order valence-corrected chi connectivity index (χ2v) is 7.02. The van der Waals surface area contributed by atoms with Gasteiger partial charge in [0.05, 0.1) is 11.8 Å². The van der Waals surface area contributed by atoms with Gasteiger partial charge in [-0.25, -0.2) is 4.79 Å². The molecule has 6 nitrogen and oxygen atoms in total. The molecule has 0 bridgehead atoms. The first-order chi connectivity index (χ1) is 12.6. The minimum absolute atomic E-state index is 0.347. The lowest BCUT2D eigenvalue weighted by Gasteiger charge is -2.21. The van der Waals surface area contributed by atoms with Gasteiger partial charge in [-0.05, 0) is 43.6 Å². The van der Waals surface area contributed by atoms with Crippen LogP contribution >= 0.6 is 0 Å². The van der Waals surface area contributed by atoms with Gasteiger partial charge >= 0.3 is 5.97 Å². The fourth-order valence-corrected chi connectivity index (χ4v) is 3.45. The number of rotatable bonds is 7. The van der Waals surface area contributed by atoms with Crippen LogP contribution in [0.25, 0.3) is 0 Å². The molecule has 1 N–H and O–H groups in total. The van der Waals surface area contributed by atoms with Crippen molar-refractivity contribution in [3.05, 3.63) is 53.3 Å². The predicted octanol–water partition coefficient (Wildman–Crippen LogP) is 2.70. The highest BCUT2D eigenvalue weighted by atomic mass is 16.4. The third-order valence-corrected chi connectivity index (χ3v) is 4.83. The van der Waals surface area contributed by atoms with Gasteiger partial charge in [-0.3, -0.25) is 14.5 Å². The first-order valence-corrected chi connectivity index (χ1v) is 9.42. The third-order valence-electron chi connectivity index (χ3n) is 4.83. The average Bonchev–Trinajstić information content (AvgIpc) is 2.95. The standard InChI is InChI=1S/C20H28N4O2/c1-2-8-24-16-18(13-21-24)15-23-10-3-9-22(11-12-23)14-17-4-6-19(7-5-17)20(25)26/h4-7,13,16H,2-3,8-12,14-15H2,1H3,(H,25,26). The lowest BCUT2D eigenvalue weighted by atomic mass is 10.1. The minimum Gasteiger partial charge on any atom is -0.478 e. The van der Waals surface area contributed by atoms with Crippen LogP contribution in [0.5, 0.6) is 0 Å². The monoisotopic (exact) mass is 356 g/mol. The van der Waals surface area contributed by atoms with Crippen LogP contribution < -0.4 is 0 Å². The summed E-state index contributed by atoms with van der Waals surface area (Å²) in [6.45, 7) is 9.25. The Hall–Kier alpha value is -2.18. The molecule has 1 aromatic carbocycles. The quantitative estimate of drug-likeness (QED) is 0.826. The Labute approximate surface area is 155 Å². The van der Waals surface area contributed by atoms with Crippen LogP contribution in [0, 0.1) is 0 Å². The molecule has 0 atom stereocenters. The first-order valence-electron chi connectivity index (χ1n) is 9.42. The average molecular weight is 356 g/mol. The summed E-state index contributed by atoms with van der Waals surface area (Å²) in [6, 6.07) is 7.23. The van der Waals surface area contributed by atoms with Gasteiger partial charge in [-0.15, -0.1) is 0 Å². The number of carboxylic acid groups (broad SMARTS) is 1. The molecule has 0 radical (unpaired) electrons. The SMILES string of the molecule is CCCn1cc(CN2CCCN(Cc3ccc(C(=O)O)cc3)CC2)cn1. The molecule has 1 fully saturated rings. The number of aryl methyl sites for hydroxylation is 1. The van der Waals surface area contributed by atoms with Crippen LogP contribution in [0.4, 0.5) is 0 Å². The lowest BCUT2D eigenvalue weighted by Crippen LogP contribution is -2.30. The Kier molecular flexibility index (Phi) is 6.41. The molecule has 1 aromatic heterocycles. The van der Waals surface area contributed by atoms with Crippen molar-refractivity contribution < 1.29 is 9.90 Å². The Morgan fingerprint density at radius 1 is 1.04 bits per heavy atom. The summed E-state index contributed by atoms with van der Waals surface area (Å²) in [7, 11) is 0. The maximum Gasteiger partial charge on any atom is 0.335 e. The number of carboxylic acids is 1. The highest BCUT2D eigenvalue weighted by Crippen LogP contribution is 2.13. The molecular weight excluding hydrogens is 328 g/mol. The van der Waals surface area contributed by atoms with E-state index in [4.69, 9.17) is 5.11 Å². The maximum atomic E-state index is 10.9. The summed E-state index contributed by atoms with van der Waals surface area (Å²) in [5.74, 6) is -0.871. The number of aromatic carboxylic acids is 1. The van der Waals surface area contributed by atoms with Crippen molar-refractivity contribution in [3.8, 4) is 0 Å². The molecule has 2 aromatic rings. The van der Waals surface area contributed by atoms with E-state index in [2.05, 4.69) is 28.0 Å². The molecule has 3 rings (SSSR count). The van der Waals surface area contributed by atoms with Crippen LogP contribution in [-0.2, 0) is 19.6 Å². The maximum absolute atomic E-state index is 10.9. The van der Waals surface area contributed by atoms with Crippen molar-refractivity contribution in [2.24, 2.45) is 0 Å². The fraction of sp³-hybridized carbons (Fsp3) is 0.500. The highest BCUT2D eigenvalue weighted by molar-refractivity contribution is 5.87. The second-order valence-electron chi connectivity index (χ2n) is 7.02. The van der Waals surface area contributed by atoms with E-state index in [9.17, 15) is 4.79 Å². The van der Waals surface area contributed by atoms with Crippen LogP contribution in [-0.4, -0.2) is 56.8 Å². The van der Waals surface area contributed by atoms with Crippen molar-refractivity contribution in [3.63, 3.8) is 0 Å². The zero-order valence-corrected chi connectivity index (χ0v) is 15.5. The molecule has 0 saturated carbocycles. The van der Waals surface area contributed by atoms with E-state index in [0.717, 1.165) is 58.7 Å². The molecule has 1 aliphatic heterocycles. The molecule has 0 spiro atoms. The molecule has 0 unspecified atom stereocenters. The molecule has 6 heteroatoms. The molecule has 2 heterocycles. The van der Waals surface area contributed by atoms with Gasteiger partial charge in [-0.2, -0.15) is 5.10 Å². The number of aromatic nitrogens is 2. The summed E-state index contributed by atoms with van der Waals surface area (Å²) < 4.78 is 2.03. The van der Waals surface area contributed by atoms with Crippen molar-refractivity contribution in [2.45, 2.75) is 39.4 Å². The van der Waals surface area contributed by atoms with E-state index in [0.29, 0.717) is 5.56 Å². The van der Waals surface area contributed by atoms with Gasteiger partial charge in [0, 0.05) is 44.5 Å². The summed E-state index contributed by atoms with van der Waals surface area (Å²) in [5.41, 5.74) is 2.81.